The van der Waals surface area contributed by atoms with Gasteiger partial charge in [0.2, 0.25) is 0 Å². The van der Waals surface area contributed by atoms with Crippen molar-refractivity contribution in [3.8, 4) is 0 Å². The van der Waals surface area contributed by atoms with Crippen LogP contribution < -0.4 is 0 Å². The molecule has 4 nitrogen and oxygen atoms in total. The maximum absolute atomic E-state index is 11.5. The molecular weight excluding hydrogens is 182 g/mol. The third-order valence-electron chi connectivity index (χ3n) is 2.47. The number of quaternary nitrogens is 1. The summed E-state index contributed by atoms with van der Waals surface area (Å²) in [7, 11) is 0. The van der Waals surface area contributed by atoms with Gasteiger partial charge in [0.05, 0.1) is 18.5 Å². The van der Waals surface area contributed by atoms with Crippen LogP contribution >= 0.6 is 0 Å². The number of nitrogens with zero attached hydrogens (tertiary/aromatic N) is 1. The van der Waals surface area contributed by atoms with Crippen LogP contribution in [0.4, 0.5) is 0 Å². The van der Waals surface area contributed by atoms with Gasteiger partial charge in [0, 0.05) is 6.42 Å². The molecule has 1 saturated heterocycles. The van der Waals surface area contributed by atoms with Gasteiger partial charge in [-0.25, -0.2) is 14.1 Å². The van der Waals surface area contributed by atoms with Gasteiger partial charge >= 0.3 is 11.9 Å². The van der Waals surface area contributed by atoms with Crippen molar-refractivity contribution in [3.63, 3.8) is 0 Å². The molecule has 1 unspecified atom stereocenters. The van der Waals surface area contributed by atoms with Crippen LogP contribution in [0.3, 0.4) is 0 Å². The molecule has 0 aromatic heterocycles. The highest BCUT2D eigenvalue weighted by molar-refractivity contribution is 5.86. The number of carbonyl (C=O) groups excluding carboxylic acids is 1. The Labute approximate surface area is 82.7 Å². The van der Waals surface area contributed by atoms with Gasteiger partial charge in [-0.15, -0.1) is 0 Å². The Bertz CT molecular complexity index is 319. The second-order valence-corrected chi connectivity index (χ2v) is 3.45. The van der Waals surface area contributed by atoms with Crippen molar-refractivity contribution < 1.29 is 19.2 Å². The topological polar surface area (TPSA) is 54.4 Å². The molecule has 0 aromatic rings. The number of hydrogen-bond donors (Lipinski definition) is 1. The number of carbonyl (C=O) groups is 2. The van der Waals surface area contributed by atoms with Crippen LogP contribution in [0.1, 0.15) is 19.8 Å². The molecule has 0 saturated carbocycles. The van der Waals surface area contributed by atoms with E-state index in [1.165, 1.54) is 19.3 Å². The minimum Gasteiger partial charge on any atom is -0.478 e. The van der Waals surface area contributed by atoms with E-state index in [1.54, 1.807) is 0 Å². The summed E-state index contributed by atoms with van der Waals surface area (Å²) >= 11 is 0. The molecule has 0 bridgehead atoms. The van der Waals surface area contributed by atoms with Crippen molar-refractivity contribution in [1.29, 1.82) is 0 Å². The Hall–Kier alpha value is -1.42. The Morgan fingerprint density at radius 1 is 1.64 bits per heavy atom. The Morgan fingerprint density at radius 3 is 2.64 bits per heavy atom. The molecule has 1 rings (SSSR count). The summed E-state index contributed by atoms with van der Waals surface area (Å²) in [6, 6.07) is 0. The van der Waals surface area contributed by atoms with Gasteiger partial charge in [0.1, 0.15) is 12.4 Å². The van der Waals surface area contributed by atoms with Crippen molar-refractivity contribution in [3.05, 3.63) is 24.6 Å². The summed E-state index contributed by atoms with van der Waals surface area (Å²) in [5.41, 5.74) is 0.181. The van der Waals surface area contributed by atoms with E-state index in [0.29, 0.717) is 13.0 Å². The number of rotatable bonds is 3. The second-order valence-electron chi connectivity index (χ2n) is 3.45. The molecule has 0 radical (unpaired) electrons. The molecule has 76 valence electrons. The number of likely N-dealkylation sites (tertiary alicyclic amines) is 1. The third kappa shape index (κ3) is 1.75. The lowest BCUT2D eigenvalue weighted by Crippen LogP contribution is -2.38. The van der Waals surface area contributed by atoms with Gasteiger partial charge in [-0.2, -0.15) is 0 Å². The van der Waals surface area contributed by atoms with Gasteiger partial charge in [0.15, 0.2) is 0 Å². The zero-order chi connectivity index (χ0) is 10.8. The molecule has 1 heterocycles. The zero-order valence-corrected chi connectivity index (χ0v) is 8.19. The molecule has 1 fully saturated rings. The first kappa shape index (κ1) is 10.7. The van der Waals surface area contributed by atoms with Crippen molar-refractivity contribution in [2.24, 2.45) is 0 Å². The Balaban J connectivity index is 3.03. The molecule has 0 spiro atoms. The van der Waals surface area contributed by atoms with Gasteiger partial charge in [-0.05, 0) is 13.5 Å². The quantitative estimate of drug-likeness (QED) is 0.546. The van der Waals surface area contributed by atoms with Crippen LogP contribution in [0.25, 0.3) is 0 Å². The highest BCUT2D eigenvalue weighted by Gasteiger charge is 2.38. The van der Waals surface area contributed by atoms with E-state index in [4.69, 9.17) is 5.11 Å². The first-order valence-corrected chi connectivity index (χ1v) is 4.49. The first-order valence-electron chi connectivity index (χ1n) is 4.49. The van der Waals surface area contributed by atoms with Gasteiger partial charge in [-0.3, -0.25) is 0 Å². The van der Waals surface area contributed by atoms with Crippen LogP contribution in [0.15, 0.2) is 24.6 Å². The number of aliphatic carboxylic acids is 1. The fraction of sp³-hybridized carbons (Fsp3) is 0.400. The summed E-state index contributed by atoms with van der Waals surface area (Å²) in [5.74, 6) is -0.982. The van der Waals surface area contributed by atoms with E-state index in [1.807, 2.05) is 0 Å². The van der Waals surface area contributed by atoms with Crippen LogP contribution in [0.5, 0.6) is 0 Å². The molecule has 14 heavy (non-hydrogen) atoms. The molecule has 1 atom stereocenters. The Morgan fingerprint density at radius 2 is 2.29 bits per heavy atom. The van der Waals surface area contributed by atoms with Crippen LogP contribution in [0, 0.1) is 0 Å². The standard InChI is InChI=1S/C10H13NO3/c1-3-11(6-4-5-9(11)12)7-8(2)10(13)14/h3,7H,1,4-6H2,2H3/p+1. The van der Waals surface area contributed by atoms with E-state index in [0.717, 1.165) is 6.42 Å². The van der Waals surface area contributed by atoms with Crippen LogP contribution in [-0.4, -0.2) is 28.0 Å². The second kappa shape index (κ2) is 3.75. The fourth-order valence-electron chi connectivity index (χ4n) is 1.61. The van der Waals surface area contributed by atoms with Crippen molar-refractivity contribution in [2.75, 3.05) is 6.54 Å². The van der Waals surface area contributed by atoms with Gasteiger partial charge in [0.25, 0.3) is 0 Å². The van der Waals surface area contributed by atoms with Gasteiger partial charge < -0.3 is 5.11 Å². The first-order chi connectivity index (χ1) is 6.52. The normalized spacial score (nSPS) is 27.8. The van der Waals surface area contributed by atoms with Crippen molar-refractivity contribution in [2.45, 2.75) is 19.8 Å². The lowest BCUT2D eigenvalue weighted by Gasteiger charge is -2.21. The largest absolute Gasteiger partial charge is 0.478 e. The molecule has 1 N–H and O–H groups in total. The molecule has 0 aliphatic carbocycles. The molecule has 4 heteroatoms. The highest BCUT2D eigenvalue weighted by Crippen LogP contribution is 2.23. The average molecular weight is 196 g/mol. The number of hydrogen-bond acceptors (Lipinski definition) is 2. The van der Waals surface area contributed by atoms with Crippen LogP contribution in [0.2, 0.25) is 0 Å². The maximum Gasteiger partial charge on any atom is 0.336 e. The highest BCUT2D eigenvalue weighted by atomic mass is 16.4. The minimum atomic E-state index is -0.996. The van der Waals surface area contributed by atoms with Crippen molar-refractivity contribution in [1.82, 2.24) is 0 Å². The summed E-state index contributed by atoms with van der Waals surface area (Å²) in [6.45, 7) is 5.69. The van der Waals surface area contributed by atoms with Crippen molar-refractivity contribution >= 4 is 11.9 Å². The summed E-state index contributed by atoms with van der Waals surface area (Å²) in [5, 5.41) is 8.71. The number of amides is 1. The predicted octanol–water partition coefficient (Wildman–Crippen LogP) is 1.26. The minimum absolute atomic E-state index is 0.0144. The third-order valence-corrected chi connectivity index (χ3v) is 2.47. The zero-order valence-electron chi connectivity index (χ0n) is 8.19. The molecular formula is C10H14NO3+. The lowest BCUT2D eigenvalue weighted by atomic mass is 10.3. The summed E-state index contributed by atoms with van der Waals surface area (Å²) in [4.78, 5) is 22.2. The van der Waals surface area contributed by atoms with Crippen LogP contribution in [-0.2, 0) is 9.59 Å². The van der Waals surface area contributed by atoms with E-state index < -0.39 is 5.97 Å². The van der Waals surface area contributed by atoms with E-state index in [9.17, 15) is 9.59 Å². The molecule has 1 aliphatic rings. The molecule has 0 aromatic carbocycles. The van der Waals surface area contributed by atoms with E-state index in [2.05, 4.69) is 6.58 Å². The number of carboxylic acids is 1. The van der Waals surface area contributed by atoms with E-state index >= 15 is 0 Å². The summed E-state index contributed by atoms with van der Waals surface area (Å²) < 4.78 is -0.0296. The number of carboxylic acid groups (broad SMARTS) is 1. The predicted molar refractivity (Wildman–Crippen MR) is 51.0 cm³/mol. The summed E-state index contributed by atoms with van der Waals surface area (Å²) in [6.07, 6.45) is 4.25. The van der Waals surface area contributed by atoms with Gasteiger partial charge in [-0.1, -0.05) is 0 Å². The monoisotopic (exact) mass is 196 g/mol. The molecule has 1 aliphatic heterocycles. The smallest absolute Gasteiger partial charge is 0.336 e. The lowest BCUT2D eigenvalue weighted by molar-refractivity contribution is -0.739. The molecule has 1 amide bonds. The fourth-order valence-corrected chi connectivity index (χ4v) is 1.61. The average Bonchev–Trinajstić information content (AvgIpc) is 2.48. The maximum atomic E-state index is 11.5. The Kier molecular flexibility index (Phi) is 2.86. The SMILES string of the molecule is C=C[N+]1(C=C(C)C(=O)O)CCCC1=O. The van der Waals surface area contributed by atoms with E-state index in [-0.39, 0.29) is 16.0 Å².